The summed E-state index contributed by atoms with van der Waals surface area (Å²) in [5.74, 6) is 1.79. The normalized spacial score (nSPS) is 13.5. The van der Waals surface area contributed by atoms with Crippen molar-refractivity contribution >= 4 is 44.9 Å². The molecule has 0 aromatic heterocycles. The van der Waals surface area contributed by atoms with Gasteiger partial charge in [0.2, 0.25) is 0 Å². The van der Waals surface area contributed by atoms with Crippen LogP contribution >= 0.6 is 0 Å². The first-order valence-corrected chi connectivity index (χ1v) is 18.4. The van der Waals surface area contributed by atoms with Gasteiger partial charge in [-0.25, -0.2) is 0 Å². The molecule has 0 bridgehead atoms. The third-order valence-electron chi connectivity index (χ3n) is 11.2. The molecular formula is C50H38N2O. The standard InChI is InChI=1S/C50H38N2O/c1-33-12-9-20-46-48(33)52-45-32-38(26-31-42(45)50(2,3)43-18-11-21-47(53-46)49(43)52)36-24-29-40(30-25-36)51(44-19-10-16-37-15-7-8-17-41(37)44)39-27-22-35(23-28-39)34-13-5-4-6-14-34/h4-32H,1-3H3. The molecule has 0 spiro atoms. The molecule has 0 amide bonds. The van der Waals surface area contributed by atoms with E-state index < -0.39 is 0 Å². The summed E-state index contributed by atoms with van der Waals surface area (Å²) in [6.07, 6.45) is 0. The first-order valence-electron chi connectivity index (χ1n) is 18.4. The first kappa shape index (κ1) is 31.2. The van der Waals surface area contributed by atoms with Crippen molar-refractivity contribution in [2.45, 2.75) is 26.2 Å². The predicted octanol–water partition coefficient (Wildman–Crippen LogP) is 14.2. The van der Waals surface area contributed by atoms with Gasteiger partial charge in [-0.15, -0.1) is 0 Å². The highest BCUT2D eigenvalue weighted by atomic mass is 16.5. The Hall–Kier alpha value is -6.58. The molecular weight excluding hydrogens is 645 g/mol. The van der Waals surface area contributed by atoms with Gasteiger partial charge in [-0.1, -0.05) is 141 Å². The molecule has 0 radical (unpaired) electrons. The van der Waals surface area contributed by atoms with E-state index in [1.807, 2.05) is 0 Å². The summed E-state index contributed by atoms with van der Waals surface area (Å²) in [5.41, 5.74) is 15.2. The molecule has 0 atom stereocenters. The molecule has 8 aromatic carbocycles. The van der Waals surface area contributed by atoms with Crippen LogP contribution in [0.15, 0.2) is 176 Å². The van der Waals surface area contributed by atoms with Gasteiger partial charge in [0.25, 0.3) is 0 Å². The highest BCUT2D eigenvalue weighted by molar-refractivity contribution is 5.99. The second-order valence-electron chi connectivity index (χ2n) is 14.7. The molecule has 0 aliphatic carbocycles. The molecule has 8 aromatic rings. The summed E-state index contributed by atoms with van der Waals surface area (Å²) in [4.78, 5) is 4.82. The van der Waals surface area contributed by atoms with Crippen LogP contribution in [0, 0.1) is 6.92 Å². The van der Waals surface area contributed by atoms with Gasteiger partial charge in [-0.3, -0.25) is 0 Å². The van der Waals surface area contributed by atoms with E-state index in [1.54, 1.807) is 0 Å². The Balaban J connectivity index is 1.08. The van der Waals surface area contributed by atoms with Gasteiger partial charge in [0.15, 0.2) is 11.5 Å². The third-order valence-corrected chi connectivity index (χ3v) is 11.2. The summed E-state index contributed by atoms with van der Waals surface area (Å²) in [6.45, 7) is 6.83. The Morgan fingerprint density at radius 3 is 1.83 bits per heavy atom. The van der Waals surface area contributed by atoms with Crippen LogP contribution in [0.3, 0.4) is 0 Å². The zero-order valence-corrected chi connectivity index (χ0v) is 30.0. The number of anilines is 6. The molecule has 0 saturated carbocycles. The van der Waals surface area contributed by atoms with Gasteiger partial charge >= 0.3 is 0 Å². The van der Waals surface area contributed by atoms with Gasteiger partial charge in [0.1, 0.15) is 0 Å². The van der Waals surface area contributed by atoms with E-state index in [2.05, 4.69) is 206 Å². The van der Waals surface area contributed by atoms with Crippen LogP contribution in [0.5, 0.6) is 11.5 Å². The molecule has 53 heavy (non-hydrogen) atoms. The number of fused-ring (bicyclic) bond motifs is 5. The van der Waals surface area contributed by atoms with Crippen molar-refractivity contribution in [3.63, 3.8) is 0 Å². The van der Waals surface area contributed by atoms with Gasteiger partial charge < -0.3 is 14.5 Å². The van der Waals surface area contributed by atoms with E-state index in [0.29, 0.717) is 0 Å². The Morgan fingerprint density at radius 1 is 0.491 bits per heavy atom. The summed E-state index contributed by atoms with van der Waals surface area (Å²) in [6, 6.07) is 63.5. The maximum Gasteiger partial charge on any atom is 0.151 e. The maximum atomic E-state index is 6.55. The molecule has 3 heteroatoms. The zero-order valence-electron chi connectivity index (χ0n) is 30.0. The average molecular weight is 683 g/mol. The summed E-state index contributed by atoms with van der Waals surface area (Å²) >= 11 is 0. The van der Waals surface area contributed by atoms with Crippen molar-refractivity contribution in [1.29, 1.82) is 0 Å². The number of nitrogens with zero attached hydrogens (tertiary/aromatic N) is 2. The van der Waals surface area contributed by atoms with Crippen molar-refractivity contribution in [3.05, 3.63) is 193 Å². The SMILES string of the molecule is Cc1cccc2c1N1c3cc(-c4ccc(N(c5ccc(-c6ccccc6)cc5)c5cccc6ccccc56)cc4)ccc3C(C)(C)c3cccc(c31)O2. The second kappa shape index (κ2) is 12.0. The lowest BCUT2D eigenvalue weighted by atomic mass is 9.72. The number of rotatable bonds is 5. The quantitative estimate of drug-likeness (QED) is 0.180. The fraction of sp³-hybridized carbons (Fsp3) is 0.0800. The lowest BCUT2D eigenvalue weighted by Crippen LogP contribution is -2.32. The van der Waals surface area contributed by atoms with Crippen molar-refractivity contribution in [3.8, 4) is 33.8 Å². The molecule has 0 N–H and O–H groups in total. The number of para-hydroxylation sites is 2. The van der Waals surface area contributed by atoms with Crippen molar-refractivity contribution in [2.75, 3.05) is 9.80 Å². The van der Waals surface area contributed by atoms with Gasteiger partial charge in [-0.2, -0.15) is 0 Å². The first-order chi connectivity index (χ1) is 26.0. The number of ether oxygens (including phenoxy) is 1. The highest BCUT2D eigenvalue weighted by Crippen LogP contribution is 2.60. The van der Waals surface area contributed by atoms with Crippen LogP contribution in [0.25, 0.3) is 33.0 Å². The lowest BCUT2D eigenvalue weighted by Gasteiger charge is -2.45. The maximum absolute atomic E-state index is 6.55. The fourth-order valence-corrected chi connectivity index (χ4v) is 8.45. The van der Waals surface area contributed by atoms with Crippen LogP contribution in [0.4, 0.5) is 34.1 Å². The largest absolute Gasteiger partial charge is 0.453 e. The van der Waals surface area contributed by atoms with Gasteiger partial charge in [0.05, 0.1) is 22.7 Å². The molecule has 0 fully saturated rings. The fourth-order valence-electron chi connectivity index (χ4n) is 8.45. The average Bonchev–Trinajstić information content (AvgIpc) is 3.20. The topological polar surface area (TPSA) is 15.7 Å². The molecule has 2 heterocycles. The van der Waals surface area contributed by atoms with E-state index >= 15 is 0 Å². The van der Waals surface area contributed by atoms with Crippen LogP contribution in [0.2, 0.25) is 0 Å². The predicted molar refractivity (Wildman–Crippen MR) is 221 cm³/mol. The van der Waals surface area contributed by atoms with Crippen LogP contribution in [-0.2, 0) is 5.41 Å². The van der Waals surface area contributed by atoms with Crippen molar-refractivity contribution in [2.24, 2.45) is 0 Å². The van der Waals surface area contributed by atoms with Crippen molar-refractivity contribution < 1.29 is 4.74 Å². The molecule has 254 valence electrons. The number of hydrogen-bond acceptors (Lipinski definition) is 3. The van der Waals surface area contributed by atoms with E-state index in [4.69, 9.17) is 4.74 Å². The molecule has 2 aliphatic rings. The summed E-state index contributed by atoms with van der Waals surface area (Å²) in [7, 11) is 0. The third kappa shape index (κ3) is 4.96. The Labute approximate surface area is 311 Å². The molecule has 0 saturated heterocycles. The minimum absolute atomic E-state index is 0.196. The Morgan fingerprint density at radius 2 is 1.08 bits per heavy atom. The number of hydrogen-bond donors (Lipinski definition) is 0. The van der Waals surface area contributed by atoms with E-state index in [0.717, 1.165) is 39.9 Å². The van der Waals surface area contributed by atoms with Crippen LogP contribution < -0.4 is 14.5 Å². The second-order valence-corrected chi connectivity index (χ2v) is 14.7. The monoisotopic (exact) mass is 682 g/mol. The van der Waals surface area contributed by atoms with Gasteiger partial charge in [-0.05, 0) is 99.8 Å². The minimum atomic E-state index is -0.196. The molecule has 10 rings (SSSR count). The molecule has 2 aliphatic heterocycles. The van der Waals surface area contributed by atoms with E-state index in [1.165, 1.54) is 55.4 Å². The zero-order chi connectivity index (χ0) is 35.7. The smallest absolute Gasteiger partial charge is 0.151 e. The Bertz CT molecular complexity index is 2670. The van der Waals surface area contributed by atoms with Crippen LogP contribution in [-0.4, -0.2) is 0 Å². The molecule has 0 unspecified atom stereocenters. The Kier molecular flexibility index (Phi) is 7.06. The minimum Gasteiger partial charge on any atom is -0.453 e. The van der Waals surface area contributed by atoms with E-state index in [9.17, 15) is 0 Å². The van der Waals surface area contributed by atoms with Gasteiger partial charge in [0, 0.05) is 22.2 Å². The van der Waals surface area contributed by atoms with Crippen LogP contribution in [0.1, 0.15) is 30.5 Å². The number of benzene rings is 8. The lowest BCUT2D eigenvalue weighted by molar-refractivity contribution is 0.471. The summed E-state index contributed by atoms with van der Waals surface area (Å²) in [5, 5.41) is 2.43. The van der Waals surface area contributed by atoms with Crippen molar-refractivity contribution in [1.82, 2.24) is 0 Å². The van der Waals surface area contributed by atoms with E-state index in [-0.39, 0.29) is 5.41 Å². The molecule has 3 nitrogen and oxygen atoms in total. The summed E-state index contributed by atoms with van der Waals surface area (Å²) < 4.78 is 6.55. The highest BCUT2D eigenvalue weighted by Gasteiger charge is 2.42. The number of aryl methyl sites for hydroxylation is 1.